The highest BCUT2D eigenvalue weighted by atomic mass is 32.2. The summed E-state index contributed by atoms with van der Waals surface area (Å²) in [4.78, 5) is 0. The van der Waals surface area contributed by atoms with Crippen LogP contribution in [0.15, 0.2) is 39.8 Å². The first-order chi connectivity index (χ1) is 9.30. The quantitative estimate of drug-likeness (QED) is 0.870. The van der Waals surface area contributed by atoms with Gasteiger partial charge in [-0.2, -0.15) is 4.31 Å². The molecule has 0 saturated carbocycles. The van der Waals surface area contributed by atoms with E-state index >= 15 is 0 Å². The van der Waals surface area contributed by atoms with Crippen LogP contribution in [-0.4, -0.2) is 19.8 Å². The van der Waals surface area contributed by atoms with Crippen molar-refractivity contribution in [1.82, 2.24) is 4.31 Å². The molecule has 1 aromatic heterocycles. The van der Waals surface area contributed by atoms with E-state index in [0.29, 0.717) is 12.3 Å². The van der Waals surface area contributed by atoms with Gasteiger partial charge in [0.05, 0.1) is 0 Å². The van der Waals surface area contributed by atoms with Crippen LogP contribution in [0.1, 0.15) is 22.5 Å². The van der Waals surface area contributed by atoms with Crippen LogP contribution in [-0.2, 0) is 16.6 Å². The molecule has 0 N–H and O–H groups in total. The lowest BCUT2D eigenvalue weighted by molar-refractivity contribution is 0.395. The van der Waals surface area contributed by atoms with Crippen LogP contribution in [0.3, 0.4) is 0 Å². The summed E-state index contributed by atoms with van der Waals surface area (Å²) >= 11 is 0. The van der Waals surface area contributed by atoms with Crippen LogP contribution in [0.25, 0.3) is 0 Å². The summed E-state index contributed by atoms with van der Waals surface area (Å²) in [6.45, 7) is 6.03. The Morgan fingerprint density at radius 1 is 1.10 bits per heavy atom. The maximum Gasteiger partial charge on any atom is 0.276 e. The molecule has 0 saturated heterocycles. The van der Waals surface area contributed by atoms with E-state index in [2.05, 4.69) is 0 Å². The van der Waals surface area contributed by atoms with Crippen molar-refractivity contribution in [3.05, 3.63) is 52.8 Å². The number of hydrogen-bond acceptors (Lipinski definition) is 3. The third-order valence-corrected chi connectivity index (χ3v) is 4.96. The summed E-state index contributed by atoms with van der Waals surface area (Å²) < 4.78 is 31.3. The van der Waals surface area contributed by atoms with E-state index in [0.717, 1.165) is 16.7 Å². The highest BCUT2D eigenvalue weighted by Gasteiger charge is 2.24. The van der Waals surface area contributed by atoms with Crippen LogP contribution >= 0.6 is 0 Å². The van der Waals surface area contributed by atoms with Gasteiger partial charge in [-0.25, -0.2) is 8.42 Å². The van der Waals surface area contributed by atoms with E-state index in [1.54, 1.807) is 20.0 Å². The second kappa shape index (κ2) is 5.42. The van der Waals surface area contributed by atoms with Crippen molar-refractivity contribution in [1.29, 1.82) is 0 Å². The van der Waals surface area contributed by atoms with Crippen molar-refractivity contribution in [2.75, 3.05) is 7.05 Å². The zero-order valence-corrected chi connectivity index (χ0v) is 13.0. The molecule has 5 heteroatoms. The van der Waals surface area contributed by atoms with Gasteiger partial charge in [0.2, 0.25) is 5.09 Å². The van der Waals surface area contributed by atoms with E-state index in [1.165, 1.54) is 10.4 Å². The smallest absolute Gasteiger partial charge is 0.276 e. The van der Waals surface area contributed by atoms with Gasteiger partial charge in [-0.1, -0.05) is 23.8 Å². The summed E-state index contributed by atoms with van der Waals surface area (Å²) in [5.41, 5.74) is 3.19. The predicted octanol–water partition coefficient (Wildman–Crippen LogP) is 3.03. The standard InChI is InChI=1S/C15H19NO3S/c1-11-5-6-12(2)14(9-11)10-16(4)20(17,18)15-8-7-13(3)19-15/h5-9H,10H2,1-4H3. The zero-order valence-electron chi connectivity index (χ0n) is 12.2. The fourth-order valence-electron chi connectivity index (χ4n) is 2.00. The number of benzene rings is 1. The van der Waals surface area contributed by atoms with Gasteiger partial charge in [-0.15, -0.1) is 0 Å². The van der Waals surface area contributed by atoms with Gasteiger partial charge in [0.1, 0.15) is 5.76 Å². The van der Waals surface area contributed by atoms with Crippen molar-refractivity contribution in [3.8, 4) is 0 Å². The Bertz CT molecular complexity index is 716. The van der Waals surface area contributed by atoms with E-state index in [4.69, 9.17) is 4.42 Å². The number of hydrogen-bond donors (Lipinski definition) is 0. The Morgan fingerprint density at radius 3 is 2.40 bits per heavy atom. The van der Waals surface area contributed by atoms with Gasteiger partial charge >= 0.3 is 0 Å². The lowest BCUT2D eigenvalue weighted by atomic mass is 10.1. The summed E-state index contributed by atoms with van der Waals surface area (Å²) in [5.74, 6) is 0.587. The van der Waals surface area contributed by atoms with Gasteiger partial charge in [0.25, 0.3) is 10.0 Å². The van der Waals surface area contributed by atoms with Gasteiger partial charge in [-0.05, 0) is 44.0 Å². The third kappa shape index (κ3) is 2.94. The SMILES string of the molecule is Cc1ccc(C)c(CN(C)S(=O)(=O)c2ccc(C)o2)c1. The summed E-state index contributed by atoms with van der Waals surface area (Å²) in [6.07, 6.45) is 0. The first-order valence-corrected chi connectivity index (χ1v) is 7.83. The highest BCUT2D eigenvalue weighted by molar-refractivity contribution is 7.88. The lowest BCUT2D eigenvalue weighted by Gasteiger charge is -2.17. The van der Waals surface area contributed by atoms with Crippen molar-refractivity contribution in [3.63, 3.8) is 0 Å². The van der Waals surface area contributed by atoms with Crippen molar-refractivity contribution >= 4 is 10.0 Å². The molecule has 0 spiro atoms. The topological polar surface area (TPSA) is 50.5 Å². The van der Waals surface area contributed by atoms with Gasteiger partial charge in [0, 0.05) is 13.6 Å². The van der Waals surface area contributed by atoms with Crippen LogP contribution in [0.2, 0.25) is 0 Å². The first-order valence-electron chi connectivity index (χ1n) is 6.39. The summed E-state index contributed by atoms with van der Waals surface area (Å²) in [7, 11) is -2.01. The molecule has 0 unspecified atom stereocenters. The molecule has 108 valence electrons. The fraction of sp³-hybridized carbons (Fsp3) is 0.333. The Kier molecular flexibility index (Phi) is 4.01. The molecule has 4 nitrogen and oxygen atoms in total. The number of nitrogens with zero attached hydrogens (tertiary/aromatic N) is 1. The third-order valence-electron chi connectivity index (χ3n) is 3.28. The molecule has 20 heavy (non-hydrogen) atoms. The molecule has 0 bridgehead atoms. The molecule has 0 fully saturated rings. The van der Waals surface area contributed by atoms with Crippen molar-refractivity contribution in [2.45, 2.75) is 32.4 Å². The molecule has 0 aliphatic heterocycles. The maximum absolute atomic E-state index is 12.4. The number of rotatable bonds is 4. The minimum absolute atomic E-state index is 0.0113. The Balaban J connectivity index is 2.27. The van der Waals surface area contributed by atoms with Crippen LogP contribution in [0.5, 0.6) is 0 Å². The van der Waals surface area contributed by atoms with Gasteiger partial charge in [-0.3, -0.25) is 0 Å². The lowest BCUT2D eigenvalue weighted by Crippen LogP contribution is -2.26. The highest BCUT2D eigenvalue weighted by Crippen LogP contribution is 2.20. The first kappa shape index (κ1) is 14.8. The number of aryl methyl sites for hydroxylation is 3. The molecule has 2 rings (SSSR count). The maximum atomic E-state index is 12.4. The van der Waals surface area contributed by atoms with Crippen molar-refractivity contribution in [2.24, 2.45) is 0 Å². The van der Waals surface area contributed by atoms with Crippen LogP contribution < -0.4 is 0 Å². The molecule has 0 amide bonds. The minimum atomic E-state index is -3.58. The summed E-state index contributed by atoms with van der Waals surface area (Å²) in [5, 5.41) is -0.0113. The average Bonchev–Trinajstić information content (AvgIpc) is 2.81. The average molecular weight is 293 g/mol. The summed E-state index contributed by atoms with van der Waals surface area (Å²) in [6, 6.07) is 9.17. The molecule has 0 atom stereocenters. The van der Waals surface area contributed by atoms with Gasteiger partial charge in [0.15, 0.2) is 0 Å². The normalized spacial score (nSPS) is 12.1. The van der Waals surface area contributed by atoms with E-state index in [9.17, 15) is 8.42 Å². The van der Waals surface area contributed by atoms with Crippen molar-refractivity contribution < 1.29 is 12.8 Å². The molecule has 1 heterocycles. The van der Waals surface area contributed by atoms with Crippen LogP contribution in [0.4, 0.5) is 0 Å². The second-order valence-electron chi connectivity index (χ2n) is 5.06. The molecule has 1 aromatic carbocycles. The van der Waals surface area contributed by atoms with E-state index in [1.807, 2.05) is 32.0 Å². The Labute approximate surface area is 120 Å². The van der Waals surface area contributed by atoms with E-state index < -0.39 is 10.0 Å². The Hall–Kier alpha value is -1.59. The monoisotopic (exact) mass is 293 g/mol. The predicted molar refractivity (Wildman–Crippen MR) is 78.0 cm³/mol. The fourth-order valence-corrected chi connectivity index (χ4v) is 3.09. The van der Waals surface area contributed by atoms with Crippen LogP contribution in [0, 0.1) is 20.8 Å². The van der Waals surface area contributed by atoms with Gasteiger partial charge < -0.3 is 4.42 Å². The van der Waals surface area contributed by atoms with E-state index in [-0.39, 0.29) is 5.09 Å². The minimum Gasteiger partial charge on any atom is -0.449 e. The Morgan fingerprint density at radius 2 is 1.80 bits per heavy atom. The zero-order chi connectivity index (χ0) is 14.9. The molecule has 0 radical (unpaired) electrons. The molecular weight excluding hydrogens is 274 g/mol. The number of sulfonamides is 1. The second-order valence-corrected chi connectivity index (χ2v) is 7.03. The largest absolute Gasteiger partial charge is 0.449 e. The molecule has 0 aliphatic rings. The molecule has 2 aromatic rings. The molecular formula is C15H19NO3S. The molecule has 0 aliphatic carbocycles. The number of furan rings is 1.